The van der Waals surface area contributed by atoms with Gasteiger partial charge in [-0.1, -0.05) is 12.1 Å². The van der Waals surface area contributed by atoms with Crippen LogP contribution < -0.4 is 10.8 Å². The van der Waals surface area contributed by atoms with Crippen LogP contribution in [0.4, 0.5) is 5.69 Å². The maximum Gasteiger partial charge on any atom is 0.101 e. The van der Waals surface area contributed by atoms with E-state index in [1.54, 1.807) is 0 Å². The second-order valence-corrected chi connectivity index (χ2v) is 3.95. The Morgan fingerprint density at radius 3 is 2.62 bits per heavy atom. The SMILES string of the molecule is N#Cc1ccccc1N1CCC(ON)CC1. The summed E-state index contributed by atoms with van der Waals surface area (Å²) in [5, 5.41) is 9.03. The summed E-state index contributed by atoms with van der Waals surface area (Å²) in [5.41, 5.74) is 1.75. The Bertz CT molecular complexity index is 391. The van der Waals surface area contributed by atoms with E-state index in [0.29, 0.717) is 0 Å². The Hall–Kier alpha value is -1.57. The van der Waals surface area contributed by atoms with E-state index in [-0.39, 0.29) is 6.10 Å². The first kappa shape index (κ1) is 10.9. The molecule has 0 aromatic heterocycles. The molecule has 2 N–H and O–H groups in total. The van der Waals surface area contributed by atoms with E-state index in [1.165, 1.54) is 0 Å². The molecule has 1 aliphatic heterocycles. The maximum atomic E-state index is 9.03. The summed E-state index contributed by atoms with van der Waals surface area (Å²) in [5.74, 6) is 5.17. The van der Waals surface area contributed by atoms with Crippen LogP contribution in [0.25, 0.3) is 0 Å². The number of nitrogens with two attached hydrogens (primary N) is 1. The van der Waals surface area contributed by atoms with E-state index in [0.717, 1.165) is 37.2 Å². The maximum absolute atomic E-state index is 9.03. The van der Waals surface area contributed by atoms with Crippen LogP contribution in [-0.4, -0.2) is 19.2 Å². The van der Waals surface area contributed by atoms with Crippen LogP contribution in [0.2, 0.25) is 0 Å². The third-order valence-electron chi connectivity index (χ3n) is 3.00. The Kier molecular flexibility index (Phi) is 3.40. The molecule has 1 fully saturated rings. The molecule has 0 spiro atoms. The van der Waals surface area contributed by atoms with Gasteiger partial charge in [0.25, 0.3) is 0 Å². The van der Waals surface area contributed by atoms with Gasteiger partial charge in [-0.15, -0.1) is 0 Å². The molecule has 0 atom stereocenters. The van der Waals surface area contributed by atoms with Gasteiger partial charge in [-0.2, -0.15) is 5.26 Å². The first-order valence-corrected chi connectivity index (χ1v) is 5.44. The smallest absolute Gasteiger partial charge is 0.101 e. The van der Waals surface area contributed by atoms with Gasteiger partial charge in [0.1, 0.15) is 6.07 Å². The second-order valence-electron chi connectivity index (χ2n) is 3.95. The number of hydrogen-bond donors (Lipinski definition) is 1. The van der Waals surface area contributed by atoms with Crippen LogP contribution in [0.5, 0.6) is 0 Å². The van der Waals surface area contributed by atoms with Gasteiger partial charge in [0.2, 0.25) is 0 Å². The zero-order valence-corrected chi connectivity index (χ0v) is 9.10. The molecule has 0 unspecified atom stereocenters. The number of hydrogen-bond acceptors (Lipinski definition) is 4. The monoisotopic (exact) mass is 217 g/mol. The van der Waals surface area contributed by atoms with Gasteiger partial charge in [-0.25, -0.2) is 5.90 Å². The van der Waals surface area contributed by atoms with Crippen LogP contribution in [0.3, 0.4) is 0 Å². The Labute approximate surface area is 95.2 Å². The predicted molar refractivity (Wildman–Crippen MR) is 61.7 cm³/mol. The van der Waals surface area contributed by atoms with Crippen molar-refractivity contribution in [3.8, 4) is 6.07 Å². The minimum atomic E-state index is 0.158. The van der Waals surface area contributed by atoms with Gasteiger partial charge in [0, 0.05) is 13.1 Å². The quantitative estimate of drug-likeness (QED) is 0.761. The molecule has 0 saturated carbocycles. The van der Waals surface area contributed by atoms with E-state index in [4.69, 9.17) is 16.0 Å². The molecule has 1 aromatic rings. The van der Waals surface area contributed by atoms with Crippen LogP contribution >= 0.6 is 0 Å². The summed E-state index contributed by atoms with van der Waals surface area (Å²) in [6.45, 7) is 1.78. The fourth-order valence-electron chi connectivity index (χ4n) is 2.08. The fraction of sp³-hybridized carbons (Fsp3) is 0.417. The number of para-hydroxylation sites is 1. The van der Waals surface area contributed by atoms with Crippen LogP contribution in [0, 0.1) is 11.3 Å². The molecule has 1 heterocycles. The van der Waals surface area contributed by atoms with Gasteiger partial charge in [-0.3, -0.25) is 0 Å². The molecule has 16 heavy (non-hydrogen) atoms. The zero-order valence-electron chi connectivity index (χ0n) is 9.10. The Morgan fingerprint density at radius 1 is 1.31 bits per heavy atom. The molecule has 4 nitrogen and oxygen atoms in total. The molecule has 4 heteroatoms. The molecule has 2 rings (SSSR count). The standard InChI is InChI=1S/C12H15N3O/c13-9-10-3-1-2-4-12(10)15-7-5-11(16-14)6-8-15/h1-4,11H,5-8,14H2. The van der Waals surface area contributed by atoms with Crippen molar-refractivity contribution in [3.05, 3.63) is 29.8 Å². The van der Waals surface area contributed by atoms with Gasteiger partial charge in [0.05, 0.1) is 17.4 Å². The summed E-state index contributed by atoms with van der Waals surface area (Å²) in [4.78, 5) is 7.06. The highest BCUT2D eigenvalue weighted by Crippen LogP contribution is 2.23. The molecule has 1 saturated heterocycles. The van der Waals surface area contributed by atoms with E-state index in [1.807, 2.05) is 24.3 Å². The summed E-state index contributed by atoms with van der Waals surface area (Å²) in [6, 6.07) is 9.90. The largest absolute Gasteiger partial charge is 0.370 e. The van der Waals surface area contributed by atoms with Crippen molar-refractivity contribution in [2.75, 3.05) is 18.0 Å². The first-order chi connectivity index (χ1) is 7.85. The molecule has 0 bridgehead atoms. The van der Waals surface area contributed by atoms with Crippen LogP contribution in [0.15, 0.2) is 24.3 Å². The average Bonchev–Trinajstić information content (AvgIpc) is 2.39. The topological polar surface area (TPSA) is 62.3 Å². The summed E-state index contributed by atoms with van der Waals surface area (Å²) in [7, 11) is 0. The molecule has 1 aromatic carbocycles. The second kappa shape index (κ2) is 4.97. The molecular formula is C12H15N3O. The van der Waals surface area contributed by atoms with Crippen LogP contribution in [-0.2, 0) is 4.84 Å². The van der Waals surface area contributed by atoms with Gasteiger partial charge >= 0.3 is 0 Å². The molecular weight excluding hydrogens is 202 g/mol. The summed E-state index contributed by atoms with van der Waals surface area (Å²) >= 11 is 0. The van der Waals surface area contributed by atoms with Gasteiger partial charge < -0.3 is 9.74 Å². The molecule has 1 aliphatic rings. The third-order valence-corrected chi connectivity index (χ3v) is 3.00. The lowest BCUT2D eigenvalue weighted by Crippen LogP contribution is -2.38. The van der Waals surface area contributed by atoms with E-state index < -0.39 is 0 Å². The van der Waals surface area contributed by atoms with E-state index in [9.17, 15) is 0 Å². The van der Waals surface area contributed by atoms with E-state index >= 15 is 0 Å². The zero-order chi connectivity index (χ0) is 11.4. The Balaban J connectivity index is 2.11. The minimum absolute atomic E-state index is 0.158. The van der Waals surface area contributed by atoms with Crippen molar-refractivity contribution >= 4 is 5.69 Å². The van der Waals surface area contributed by atoms with Crippen molar-refractivity contribution in [2.24, 2.45) is 5.90 Å². The number of benzene rings is 1. The Morgan fingerprint density at radius 2 is 2.00 bits per heavy atom. The van der Waals surface area contributed by atoms with Gasteiger partial charge in [-0.05, 0) is 25.0 Å². The molecule has 0 radical (unpaired) electrons. The number of anilines is 1. The number of rotatable bonds is 2. The summed E-state index contributed by atoms with van der Waals surface area (Å²) in [6.07, 6.45) is 1.98. The number of nitrogens with zero attached hydrogens (tertiary/aromatic N) is 2. The summed E-state index contributed by atoms with van der Waals surface area (Å²) < 4.78 is 0. The average molecular weight is 217 g/mol. The van der Waals surface area contributed by atoms with Crippen molar-refractivity contribution in [1.82, 2.24) is 0 Å². The first-order valence-electron chi connectivity index (χ1n) is 5.44. The molecule has 0 amide bonds. The lowest BCUT2D eigenvalue weighted by atomic mass is 10.1. The predicted octanol–water partition coefficient (Wildman–Crippen LogP) is 1.42. The van der Waals surface area contributed by atoms with Gasteiger partial charge in [0.15, 0.2) is 0 Å². The van der Waals surface area contributed by atoms with E-state index in [2.05, 4.69) is 11.0 Å². The molecule has 84 valence electrons. The van der Waals surface area contributed by atoms with Crippen LogP contribution in [0.1, 0.15) is 18.4 Å². The number of piperidine rings is 1. The highest BCUT2D eigenvalue weighted by Gasteiger charge is 2.20. The third kappa shape index (κ3) is 2.16. The molecule has 0 aliphatic carbocycles. The highest BCUT2D eigenvalue weighted by molar-refractivity contribution is 5.59. The highest BCUT2D eigenvalue weighted by atomic mass is 16.6. The van der Waals surface area contributed by atoms with Crippen molar-refractivity contribution < 1.29 is 4.84 Å². The normalized spacial score (nSPS) is 17.1. The fourth-order valence-corrected chi connectivity index (χ4v) is 2.08. The number of nitriles is 1. The van der Waals surface area contributed by atoms with Crippen molar-refractivity contribution in [1.29, 1.82) is 5.26 Å². The van der Waals surface area contributed by atoms with Crippen molar-refractivity contribution in [3.63, 3.8) is 0 Å². The lowest BCUT2D eigenvalue weighted by Gasteiger charge is -2.32. The lowest BCUT2D eigenvalue weighted by molar-refractivity contribution is 0.0367. The van der Waals surface area contributed by atoms with Crippen molar-refractivity contribution in [2.45, 2.75) is 18.9 Å². The minimum Gasteiger partial charge on any atom is -0.370 e.